The second kappa shape index (κ2) is 10.1. The number of nitriles is 1. The lowest BCUT2D eigenvalue weighted by molar-refractivity contribution is -0.118. The number of carbonyl (C=O) groups is 2. The Morgan fingerprint density at radius 2 is 2.06 bits per heavy atom. The summed E-state index contributed by atoms with van der Waals surface area (Å²) < 4.78 is 14.3. The number of amides is 2. The second-order valence-corrected chi connectivity index (χ2v) is 8.26. The van der Waals surface area contributed by atoms with Gasteiger partial charge in [0.15, 0.2) is 0 Å². The number of hydrogen-bond acceptors (Lipinski definition) is 5. The van der Waals surface area contributed by atoms with Crippen LogP contribution >= 0.6 is 0 Å². The predicted octanol–water partition coefficient (Wildman–Crippen LogP) is 3.65. The van der Waals surface area contributed by atoms with E-state index in [1.54, 1.807) is 42.4 Å². The molecule has 2 aromatic rings. The summed E-state index contributed by atoms with van der Waals surface area (Å²) in [7, 11) is 1.66. The first-order valence-corrected chi connectivity index (χ1v) is 10.6. The molecule has 33 heavy (non-hydrogen) atoms. The van der Waals surface area contributed by atoms with E-state index in [1.807, 2.05) is 19.9 Å². The van der Waals surface area contributed by atoms with Gasteiger partial charge in [-0.15, -0.1) is 0 Å². The lowest BCUT2D eigenvalue weighted by atomic mass is 9.78. The van der Waals surface area contributed by atoms with Crippen LogP contribution in [-0.2, 0) is 4.79 Å². The number of fused-ring (bicyclic) bond motifs is 1. The molecule has 0 spiro atoms. The summed E-state index contributed by atoms with van der Waals surface area (Å²) in [5.74, 6) is -2.22. The molecule has 3 N–H and O–H groups in total. The minimum atomic E-state index is -0.973. The van der Waals surface area contributed by atoms with Crippen molar-refractivity contribution in [3.63, 3.8) is 0 Å². The van der Waals surface area contributed by atoms with Gasteiger partial charge in [-0.05, 0) is 47.9 Å². The average Bonchev–Trinajstić information content (AvgIpc) is 2.79. The van der Waals surface area contributed by atoms with Crippen LogP contribution in [0.25, 0.3) is 0 Å². The smallest absolute Gasteiger partial charge is 0.254 e. The van der Waals surface area contributed by atoms with Crippen LogP contribution in [0.3, 0.4) is 0 Å². The van der Waals surface area contributed by atoms with Crippen molar-refractivity contribution in [1.82, 2.24) is 10.2 Å². The summed E-state index contributed by atoms with van der Waals surface area (Å²) in [4.78, 5) is 28.6. The van der Waals surface area contributed by atoms with E-state index in [2.05, 4.69) is 10.6 Å². The molecule has 1 heterocycles. The van der Waals surface area contributed by atoms with Crippen LogP contribution in [0.4, 0.5) is 10.1 Å². The van der Waals surface area contributed by atoms with Crippen molar-refractivity contribution in [3.8, 4) is 6.07 Å². The van der Waals surface area contributed by atoms with Crippen LogP contribution in [0.2, 0.25) is 0 Å². The third-order valence-corrected chi connectivity index (χ3v) is 5.41. The van der Waals surface area contributed by atoms with Crippen molar-refractivity contribution in [3.05, 3.63) is 76.7 Å². The number of nitrogens with zero attached hydrogens (tertiary/aromatic N) is 2. The van der Waals surface area contributed by atoms with E-state index in [9.17, 15) is 19.2 Å². The summed E-state index contributed by atoms with van der Waals surface area (Å²) in [6.07, 6.45) is 2.67. The maximum atomic E-state index is 14.3. The van der Waals surface area contributed by atoms with E-state index < -0.39 is 23.7 Å². The van der Waals surface area contributed by atoms with Gasteiger partial charge in [0.05, 0.1) is 23.6 Å². The largest absolute Gasteiger partial charge is 0.394 e. The molecule has 7 nitrogen and oxygen atoms in total. The molecule has 0 saturated carbocycles. The van der Waals surface area contributed by atoms with E-state index in [4.69, 9.17) is 5.41 Å². The maximum Gasteiger partial charge on any atom is 0.254 e. The lowest BCUT2D eigenvalue weighted by Crippen LogP contribution is -2.53. The average molecular weight is 448 g/mol. The Hall–Kier alpha value is -3.99. The summed E-state index contributed by atoms with van der Waals surface area (Å²) in [6, 6.07) is 11.5. The van der Waals surface area contributed by atoms with Crippen molar-refractivity contribution >= 4 is 23.7 Å². The van der Waals surface area contributed by atoms with Gasteiger partial charge in [-0.25, -0.2) is 4.39 Å². The molecule has 0 saturated heterocycles. The van der Waals surface area contributed by atoms with Gasteiger partial charge in [0, 0.05) is 42.8 Å². The SMILES string of the molecule is CN/C=C(\C=N)[C@@H]1[C@@H](C(=O)Nc2cccc(C#N)c2)c2cc(F)ccc2C(=O)N1CC(C)C. The fourth-order valence-corrected chi connectivity index (χ4v) is 4.13. The minimum Gasteiger partial charge on any atom is -0.394 e. The molecule has 0 aromatic heterocycles. The highest BCUT2D eigenvalue weighted by atomic mass is 19.1. The Kier molecular flexibility index (Phi) is 7.23. The van der Waals surface area contributed by atoms with E-state index in [-0.39, 0.29) is 23.0 Å². The van der Waals surface area contributed by atoms with Gasteiger partial charge < -0.3 is 20.9 Å². The van der Waals surface area contributed by atoms with E-state index in [0.29, 0.717) is 23.4 Å². The molecule has 8 heteroatoms. The molecule has 2 atom stereocenters. The monoisotopic (exact) mass is 447 g/mol. The zero-order valence-electron chi connectivity index (χ0n) is 18.7. The van der Waals surface area contributed by atoms with E-state index in [1.165, 1.54) is 18.2 Å². The lowest BCUT2D eigenvalue weighted by Gasteiger charge is -2.42. The molecule has 3 rings (SSSR count). The molecule has 0 radical (unpaired) electrons. The van der Waals surface area contributed by atoms with Crippen molar-refractivity contribution < 1.29 is 14.0 Å². The zero-order valence-corrected chi connectivity index (χ0v) is 18.7. The van der Waals surface area contributed by atoms with Crippen LogP contribution < -0.4 is 10.6 Å². The van der Waals surface area contributed by atoms with Crippen molar-refractivity contribution in [2.24, 2.45) is 5.92 Å². The summed E-state index contributed by atoms with van der Waals surface area (Å²) in [5.41, 5.74) is 1.73. The van der Waals surface area contributed by atoms with Gasteiger partial charge >= 0.3 is 0 Å². The van der Waals surface area contributed by atoms with Gasteiger partial charge in [0.1, 0.15) is 5.82 Å². The molecule has 0 bridgehead atoms. The van der Waals surface area contributed by atoms with Crippen LogP contribution in [0.5, 0.6) is 0 Å². The molecule has 0 aliphatic carbocycles. The van der Waals surface area contributed by atoms with Gasteiger partial charge in [-0.2, -0.15) is 5.26 Å². The predicted molar refractivity (Wildman–Crippen MR) is 125 cm³/mol. The Bertz CT molecular complexity index is 1150. The quantitative estimate of drug-likeness (QED) is 0.563. The van der Waals surface area contributed by atoms with Crippen LogP contribution in [0.1, 0.15) is 41.3 Å². The number of benzene rings is 2. The molecule has 170 valence electrons. The fraction of sp³-hybridized carbons (Fsp3) is 0.280. The third-order valence-electron chi connectivity index (χ3n) is 5.41. The third kappa shape index (κ3) is 4.93. The number of nitrogens with one attached hydrogen (secondary N) is 3. The first-order valence-electron chi connectivity index (χ1n) is 10.6. The van der Waals surface area contributed by atoms with E-state index >= 15 is 0 Å². The number of halogens is 1. The number of carbonyl (C=O) groups excluding carboxylic acids is 2. The Morgan fingerprint density at radius 1 is 1.30 bits per heavy atom. The summed E-state index contributed by atoms with van der Waals surface area (Å²) in [6.45, 7) is 4.26. The van der Waals surface area contributed by atoms with Gasteiger partial charge in [0.2, 0.25) is 5.91 Å². The molecule has 1 aliphatic rings. The normalized spacial score (nSPS) is 17.9. The highest BCUT2D eigenvalue weighted by Gasteiger charge is 2.45. The molecule has 0 fully saturated rings. The van der Waals surface area contributed by atoms with Crippen LogP contribution in [-0.4, -0.2) is 42.6 Å². The maximum absolute atomic E-state index is 14.3. The molecular weight excluding hydrogens is 421 g/mol. The fourth-order valence-electron chi connectivity index (χ4n) is 4.13. The van der Waals surface area contributed by atoms with Crippen molar-refractivity contribution in [2.45, 2.75) is 25.8 Å². The van der Waals surface area contributed by atoms with E-state index in [0.717, 1.165) is 6.21 Å². The first-order chi connectivity index (χ1) is 15.8. The van der Waals surface area contributed by atoms with Crippen LogP contribution in [0, 0.1) is 28.5 Å². The Morgan fingerprint density at radius 3 is 2.70 bits per heavy atom. The molecule has 0 unspecified atom stereocenters. The standard InChI is InChI=1S/C25H26FN5O2/c1-15(2)14-31-23(17(12-28)13-29-3)22(21-10-18(26)7-8-20(21)25(31)33)24(32)30-19-6-4-5-16(9-19)11-27/h4-10,12-13,15,22-23,28-29H,14H2,1-3H3,(H,30,32)/b17-13+,28-12?/t22-,23+/m0/s1. The number of hydrogen-bond donors (Lipinski definition) is 3. The summed E-state index contributed by atoms with van der Waals surface area (Å²) >= 11 is 0. The van der Waals surface area contributed by atoms with Crippen molar-refractivity contribution in [2.75, 3.05) is 18.9 Å². The molecule has 2 amide bonds. The molecule has 2 aromatic carbocycles. The molecule has 1 aliphatic heterocycles. The van der Waals surface area contributed by atoms with Crippen LogP contribution in [0.15, 0.2) is 54.2 Å². The van der Waals surface area contributed by atoms with Gasteiger partial charge in [-0.1, -0.05) is 19.9 Å². The first kappa shape index (κ1) is 23.7. The highest BCUT2D eigenvalue weighted by molar-refractivity contribution is 6.06. The Labute approximate surface area is 192 Å². The Balaban J connectivity index is 2.18. The zero-order chi connectivity index (χ0) is 24.1. The van der Waals surface area contributed by atoms with Gasteiger partial charge in [-0.3, -0.25) is 9.59 Å². The second-order valence-electron chi connectivity index (χ2n) is 8.26. The number of rotatable bonds is 7. The topological polar surface area (TPSA) is 109 Å². The minimum absolute atomic E-state index is 0.0936. The molecular formula is C25H26FN5O2. The van der Waals surface area contributed by atoms with Crippen molar-refractivity contribution in [1.29, 1.82) is 10.7 Å². The van der Waals surface area contributed by atoms with Gasteiger partial charge in [0.25, 0.3) is 5.91 Å². The highest BCUT2D eigenvalue weighted by Crippen LogP contribution is 2.38. The summed E-state index contributed by atoms with van der Waals surface area (Å²) in [5, 5.41) is 22.8. The number of anilines is 1.